The molecule has 3 nitrogen and oxygen atoms in total. The summed E-state index contributed by atoms with van der Waals surface area (Å²) in [7, 11) is 0. The Morgan fingerprint density at radius 3 is 2.95 bits per heavy atom. The first-order valence-electron chi connectivity index (χ1n) is 7.94. The molecule has 0 saturated carbocycles. The van der Waals surface area contributed by atoms with Gasteiger partial charge in [-0.2, -0.15) is 0 Å². The molecule has 2 heterocycles. The van der Waals surface area contributed by atoms with Crippen LogP contribution in [0, 0.1) is 0 Å². The van der Waals surface area contributed by atoms with Crippen LogP contribution in [-0.4, -0.2) is 19.0 Å². The van der Waals surface area contributed by atoms with Gasteiger partial charge in [0, 0.05) is 30.1 Å². The summed E-state index contributed by atoms with van der Waals surface area (Å²) in [4.78, 5) is 15.6. The van der Waals surface area contributed by atoms with Crippen LogP contribution in [0.4, 0.5) is 5.69 Å². The van der Waals surface area contributed by atoms with E-state index in [9.17, 15) is 4.79 Å². The number of thiophene rings is 1. The van der Waals surface area contributed by atoms with Crippen LogP contribution in [0.2, 0.25) is 0 Å². The van der Waals surface area contributed by atoms with E-state index in [-0.39, 0.29) is 11.9 Å². The number of benzene rings is 1. The molecule has 1 aliphatic rings. The number of fused-ring (bicyclic) bond motifs is 1. The van der Waals surface area contributed by atoms with E-state index in [0.717, 1.165) is 19.4 Å². The maximum absolute atomic E-state index is 11.9. The van der Waals surface area contributed by atoms with Gasteiger partial charge in [-0.3, -0.25) is 4.79 Å². The summed E-state index contributed by atoms with van der Waals surface area (Å²) >= 11 is 1.76. The van der Waals surface area contributed by atoms with Crippen molar-refractivity contribution in [2.75, 3.05) is 18.0 Å². The highest BCUT2D eigenvalue weighted by molar-refractivity contribution is 7.10. The van der Waals surface area contributed by atoms with Crippen LogP contribution in [0.3, 0.4) is 0 Å². The second-order valence-corrected chi connectivity index (χ2v) is 6.64. The molecule has 4 heteroatoms. The highest BCUT2D eigenvalue weighted by Gasteiger charge is 2.27. The normalized spacial score (nSPS) is 14.7. The molecule has 1 atom stereocenters. The molecule has 0 aliphatic carbocycles. The minimum absolute atomic E-state index is 0.150. The van der Waals surface area contributed by atoms with Gasteiger partial charge in [0.25, 0.3) is 0 Å². The molecule has 1 aromatic heterocycles. The smallest absolute Gasteiger partial charge is 0.220 e. The third kappa shape index (κ3) is 3.17. The van der Waals surface area contributed by atoms with Crippen molar-refractivity contribution in [3.8, 4) is 0 Å². The van der Waals surface area contributed by atoms with E-state index in [0.29, 0.717) is 13.0 Å². The maximum atomic E-state index is 11.9. The Bertz CT molecular complexity index is 624. The van der Waals surface area contributed by atoms with Crippen LogP contribution >= 0.6 is 11.3 Å². The Morgan fingerprint density at radius 1 is 1.32 bits per heavy atom. The van der Waals surface area contributed by atoms with E-state index in [1.807, 2.05) is 6.92 Å². The number of anilines is 1. The molecule has 1 N–H and O–H groups in total. The number of hydrogen-bond acceptors (Lipinski definition) is 3. The summed E-state index contributed by atoms with van der Waals surface area (Å²) < 4.78 is 0. The van der Waals surface area contributed by atoms with E-state index in [1.165, 1.54) is 16.1 Å². The molecule has 1 aliphatic heterocycles. The Morgan fingerprint density at radius 2 is 2.18 bits per heavy atom. The SMILES string of the molecule is CCCC(=O)NC[C@@H](c1cccs1)N1CCc2ccccc21. The molecule has 3 rings (SSSR count). The number of nitrogens with zero attached hydrogens (tertiary/aromatic N) is 1. The largest absolute Gasteiger partial charge is 0.361 e. The van der Waals surface area contributed by atoms with Crippen LogP contribution in [0.5, 0.6) is 0 Å². The van der Waals surface area contributed by atoms with Crippen LogP contribution in [0.15, 0.2) is 41.8 Å². The van der Waals surface area contributed by atoms with Crippen molar-refractivity contribution in [1.29, 1.82) is 0 Å². The van der Waals surface area contributed by atoms with Gasteiger partial charge < -0.3 is 10.2 Å². The highest BCUT2D eigenvalue weighted by atomic mass is 32.1. The predicted molar refractivity (Wildman–Crippen MR) is 92.5 cm³/mol. The molecule has 0 saturated heterocycles. The first-order chi connectivity index (χ1) is 10.8. The van der Waals surface area contributed by atoms with Crippen molar-refractivity contribution < 1.29 is 4.79 Å². The fourth-order valence-electron chi connectivity index (χ4n) is 3.06. The van der Waals surface area contributed by atoms with E-state index >= 15 is 0 Å². The van der Waals surface area contributed by atoms with E-state index in [1.54, 1.807) is 11.3 Å². The van der Waals surface area contributed by atoms with Crippen molar-refractivity contribution >= 4 is 22.9 Å². The fourth-order valence-corrected chi connectivity index (χ4v) is 3.90. The van der Waals surface area contributed by atoms with E-state index in [4.69, 9.17) is 0 Å². The predicted octanol–water partition coefficient (Wildman–Crippen LogP) is 3.77. The number of carbonyl (C=O) groups is 1. The molecule has 1 amide bonds. The molecule has 116 valence electrons. The number of para-hydroxylation sites is 1. The summed E-state index contributed by atoms with van der Waals surface area (Å²) in [5, 5.41) is 5.22. The van der Waals surface area contributed by atoms with E-state index in [2.05, 4.69) is 52.0 Å². The first kappa shape index (κ1) is 15.1. The zero-order chi connectivity index (χ0) is 15.4. The molecule has 2 aromatic rings. The van der Waals surface area contributed by atoms with Gasteiger partial charge >= 0.3 is 0 Å². The summed E-state index contributed by atoms with van der Waals surface area (Å²) in [6.45, 7) is 3.73. The molecular weight excluding hydrogens is 292 g/mol. The number of nitrogens with one attached hydrogen (secondary N) is 1. The van der Waals surface area contributed by atoms with Crippen LogP contribution < -0.4 is 10.2 Å². The molecule has 1 aromatic carbocycles. The lowest BCUT2D eigenvalue weighted by molar-refractivity contribution is -0.121. The van der Waals surface area contributed by atoms with Gasteiger partial charge in [0.15, 0.2) is 0 Å². The van der Waals surface area contributed by atoms with Crippen LogP contribution in [-0.2, 0) is 11.2 Å². The zero-order valence-electron chi connectivity index (χ0n) is 12.9. The summed E-state index contributed by atoms with van der Waals surface area (Å²) in [6.07, 6.45) is 2.58. The quantitative estimate of drug-likeness (QED) is 0.880. The Hall–Kier alpha value is -1.81. The minimum Gasteiger partial charge on any atom is -0.361 e. The fraction of sp³-hybridized carbons (Fsp3) is 0.389. The minimum atomic E-state index is 0.150. The van der Waals surface area contributed by atoms with Crippen molar-refractivity contribution in [1.82, 2.24) is 5.32 Å². The van der Waals surface area contributed by atoms with Gasteiger partial charge in [0.1, 0.15) is 0 Å². The molecule has 0 unspecified atom stereocenters. The highest BCUT2D eigenvalue weighted by Crippen LogP contribution is 2.36. The molecule has 22 heavy (non-hydrogen) atoms. The van der Waals surface area contributed by atoms with Crippen LogP contribution in [0.25, 0.3) is 0 Å². The van der Waals surface area contributed by atoms with Crippen molar-refractivity contribution in [2.24, 2.45) is 0 Å². The molecular formula is C18H22N2OS. The number of rotatable bonds is 6. The summed E-state index contributed by atoms with van der Waals surface area (Å²) in [5.74, 6) is 0.150. The van der Waals surface area contributed by atoms with Gasteiger partial charge in [-0.15, -0.1) is 11.3 Å². The second-order valence-electron chi connectivity index (χ2n) is 5.66. The van der Waals surface area contributed by atoms with Crippen LogP contribution in [0.1, 0.15) is 36.2 Å². The molecule has 0 radical (unpaired) electrons. The lowest BCUT2D eigenvalue weighted by Gasteiger charge is -2.30. The number of amides is 1. The van der Waals surface area contributed by atoms with E-state index < -0.39 is 0 Å². The average Bonchev–Trinajstić information content (AvgIpc) is 3.18. The molecule has 0 fully saturated rings. The summed E-state index contributed by atoms with van der Waals surface area (Å²) in [5.41, 5.74) is 2.72. The van der Waals surface area contributed by atoms with Crippen molar-refractivity contribution in [2.45, 2.75) is 32.2 Å². The van der Waals surface area contributed by atoms with Gasteiger partial charge in [-0.05, 0) is 35.9 Å². The first-order valence-corrected chi connectivity index (χ1v) is 8.82. The number of hydrogen-bond donors (Lipinski definition) is 1. The Labute approximate surface area is 136 Å². The Kier molecular flexibility index (Phi) is 4.78. The second kappa shape index (κ2) is 6.97. The zero-order valence-corrected chi connectivity index (χ0v) is 13.7. The third-order valence-electron chi connectivity index (χ3n) is 4.14. The van der Waals surface area contributed by atoms with Crippen molar-refractivity contribution in [3.05, 3.63) is 52.2 Å². The lowest BCUT2D eigenvalue weighted by Crippen LogP contribution is -2.37. The molecule has 0 spiro atoms. The topological polar surface area (TPSA) is 32.3 Å². The maximum Gasteiger partial charge on any atom is 0.220 e. The van der Waals surface area contributed by atoms with Crippen molar-refractivity contribution in [3.63, 3.8) is 0 Å². The summed E-state index contributed by atoms with van der Waals surface area (Å²) in [6, 6.07) is 13.1. The third-order valence-corrected chi connectivity index (χ3v) is 5.11. The van der Waals surface area contributed by atoms with Gasteiger partial charge in [-0.1, -0.05) is 31.2 Å². The van der Waals surface area contributed by atoms with Gasteiger partial charge in [0.2, 0.25) is 5.91 Å². The lowest BCUT2D eigenvalue weighted by atomic mass is 10.1. The monoisotopic (exact) mass is 314 g/mol. The average molecular weight is 314 g/mol. The van der Waals surface area contributed by atoms with Gasteiger partial charge in [0.05, 0.1) is 6.04 Å². The van der Waals surface area contributed by atoms with Gasteiger partial charge in [-0.25, -0.2) is 0 Å². The molecule has 0 bridgehead atoms. The number of carbonyl (C=O) groups excluding carboxylic acids is 1. The Balaban J connectivity index is 1.80. The standard InChI is InChI=1S/C18H22N2OS/c1-2-6-18(21)19-13-16(17-9-5-12-22-17)20-11-10-14-7-3-4-8-15(14)20/h3-5,7-9,12,16H,2,6,10-11,13H2,1H3,(H,19,21)/t16-/m0/s1.